The Hall–Kier alpha value is -4.62. The highest BCUT2D eigenvalue weighted by molar-refractivity contribution is 5.69. The number of nitro groups is 2. The lowest BCUT2D eigenvalue weighted by molar-refractivity contribution is -0.386. The van der Waals surface area contributed by atoms with Crippen LogP contribution in [0.3, 0.4) is 0 Å². The molecule has 0 radical (unpaired) electrons. The van der Waals surface area contributed by atoms with Crippen molar-refractivity contribution in [2.24, 2.45) is 0 Å². The monoisotopic (exact) mass is 554 g/mol. The van der Waals surface area contributed by atoms with Crippen molar-refractivity contribution in [2.45, 2.75) is 47.3 Å². The van der Waals surface area contributed by atoms with E-state index in [1.54, 1.807) is 13.8 Å². The first-order valence-electron chi connectivity index (χ1n) is 11.2. The van der Waals surface area contributed by atoms with E-state index in [1.807, 2.05) is 0 Å². The van der Waals surface area contributed by atoms with Gasteiger partial charge in [0, 0.05) is 12.8 Å². The molecule has 39 heavy (non-hydrogen) atoms. The molecule has 0 bridgehead atoms. The van der Waals surface area contributed by atoms with E-state index in [9.17, 15) is 29.8 Å². The van der Waals surface area contributed by atoms with Crippen LogP contribution in [0.4, 0.5) is 11.4 Å². The summed E-state index contributed by atoms with van der Waals surface area (Å²) in [6.45, 7) is 2.93. The van der Waals surface area contributed by atoms with Crippen LogP contribution in [0.25, 0.3) is 0 Å². The van der Waals surface area contributed by atoms with Crippen LogP contribution >= 0.6 is 0 Å². The molecule has 0 N–H and O–H groups in total. The molecule has 14 heteroatoms. The highest BCUT2D eigenvalue weighted by atomic mass is 16.6. The summed E-state index contributed by atoms with van der Waals surface area (Å²) in [5.74, 6) is 0.332. The summed E-state index contributed by atoms with van der Waals surface area (Å²) in [7, 11) is 5.62. The van der Waals surface area contributed by atoms with Crippen LogP contribution < -0.4 is 18.9 Å². The molecule has 2 aromatic carbocycles. The number of ether oxygens (including phenoxy) is 6. The van der Waals surface area contributed by atoms with E-state index in [0.29, 0.717) is 11.5 Å². The molecule has 0 aliphatic carbocycles. The Kier molecular flexibility index (Phi) is 15.0. The summed E-state index contributed by atoms with van der Waals surface area (Å²) in [5.41, 5.74) is 0.150. The van der Waals surface area contributed by atoms with Gasteiger partial charge in [-0.25, -0.2) is 0 Å². The van der Waals surface area contributed by atoms with Gasteiger partial charge in [-0.3, -0.25) is 29.8 Å². The predicted molar refractivity (Wildman–Crippen MR) is 139 cm³/mol. The number of rotatable bonds is 12. The molecule has 0 heterocycles. The maximum Gasteiger partial charge on any atom is 0.305 e. The molecule has 0 unspecified atom stereocenters. The van der Waals surface area contributed by atoms with Crippen molar-refractivity contribution in [1.82, 2.24) is 0 Å². The molecular weight excluding hydrogens is 520 g/mol. The predicted octanol–water partition coefficient (Wildman–Crippen LogP) is 4.77. The summed E-state index contributed by atoms with van der Waals surface area (Å²) in [6.07, 6.45) is 0.419. The van der Waals surface area contributed by atoms with Gasteiger partial charge in [0.2, 0.25) is 0 Å². The van der Waals surface area contributed by atoms with Crippen LogP contribution in [-0.2, 0) is 32.3 Å². The fourth-order valence-electron chi connectivity index (χ4n) is 2.91. The van der Waals surface area contributed by atoms with E-state index in [0.717, 1.165) is 0 Å². The van der Waals surface area contributed by atoms with Gasteiger partial charge in [0.15, 0.2) is 23.0 Å². The van der Waals surface area contributed by atoms with Gasteiger partial charge in [-0.15, -0.1) is 0 Å². The second-order valence-electron chi connectivity index (χ2n) is 7.21. The third-order valence-corrected chi connectivity index (χ3v) is 4.92. The van der Waals surface area contributed by atoms with Crippen molar-refractivity contribution >= 4 is 23.3 Å². The third-order valence-electron chi connectivity index (χ3n) is 4.92. The molecular formula is C25H34N2O12. The number of esters is 2. The topological polar surface area (TPSA) is 176 Å². The summed E-state index contributed by atoms with van der Waals surface area (Å²) < 4.78 is 29.9. The Balaban J connectivity index is 0.000000722. The Morgan fingerprint density at radius 2 is 0.923 bits per heavy atom. The van der Waals surface area contributed by atoms with Gasteiger partial charge in [-0.05, 0) is 12.1 Å². The zero-order chi connectivity index (χ0) is 28.8. The molecule has 14 nitrogen and oxygen atoms in total. The number of methoxy groups -OCH3 is 4. The molecule has 0 amide bonds. The van der Waals surface area contributed by atoms with Gasteiger partial charge < -0.3 is 28.4 Å². The lowest BCUT2D eigenvalue weighted by Crippen LogP contribution is -2.05. The molecule has 2 rings (SSSR count). The zero-order valence-electron chi connectivity index (χ0n) is 21.9. The minimum Gasteiger partial charge on any atom is -0.493 e. The average Bonchev–Trinajstić information content (AvgIpc) is 2.93. The number of benzene rings is 2. The van der Waals surface area contributed by atoms with Crippen molar-refractivity contribution in [3.05, 3.63) is 55.6 Å². The maximum atomic E-state index is 11.1. The first-order chi connectivity index (χ1) is 18.1. The van der Waals surface area contributed by atoms with E-state index in [2.05, 4.69) is 0 Å². The standard InChI is InChI=1S/2C12H15NO6.CH4/c2*1-4-12(14)19-7-8-5-10(17-2)11(18-3)6-9(8)13(15)16;/h2*5-6H,4,7H2,1-3H3;1H4. The fourth-order valence-corrected chi connectivity index (χ4v) is 2.91. The SMILES string of the molecule is C.CCC(=O)OCc1cc(OC)c(OC)cc1[N+](=O)[O-].CCC(=O)OCc1cc(OC)c(OC)cc1[N+](=O)[O-]. The Labute approximate surface area is 226 Å². The van der Waals surface area contributed by atoms with E-state index >= 15 is 0 Å². The molecule has 0 saturated heterocycles. The summed E-state index contributed by atoms with van der Waals surface area (Å²) in [4.78, 5) is 43.0. The molecule has 0 aromatic heterocycles. The molecule has 0 saturated carbocycles. The normalized spacial score (nSPS) is 9.59. The van der Waals surface area contributed by atoms with Crippen LogP contribution in [0.1, 0.15) is 45.2 Å². The fraction of sp³-hybridized carbons (Fsp3) is 0.440. The van der Waals surface area contributed by atoms with E-state index in [-0.39, 0.29) is 67.5 Å². The zero-order valence-corrected chi connectivity index (χ0v) is 21.9. The molecule has 0 spiro atoms. The van der Waals surface area contributed by atoms with Crippen LogP contribution in [0.15, 0.2) is 24.3 Å². The molecule has 0 fully saturated rings. The van der Waals surface area contributed by atoms with Crippen LogP contribution in [-0.4, -0.2) is 50.2 Å². The van der Waals surface area contributed by atoms with Crippen LogP contribution in [0.5, 0.6) is 23.0 Å². The van der Waals surface area contributed by atoms with Gasteiger partial charge in [-0.1, -0.05) is 21.3 Å². The van der Waals surface area contributed by atoms with Gasteiger partial charge >= 0.3 is 11.9 Å². The number of nitrogens with zero attached hydrogens (tertiary/aromatic N) is 2. The van der Waals surface area contributed by atoms with Crippen molar-refractivity contribution in [3.8, 4) is 23.0 Å². The second-order valence-corrected chi connectivity index (χ2v) is 7.21. The summed E-state index contributed by atoms with van der Waals surface area (Å²) in [6, 6.07) is 5.35. The average molecular weight is 555 g/mol. The molecule has 0 aliphatic rings. The van der Waals surface area contributed by atoms with Gasteiger partial charge in [0.1, 0.15) is 13.2 Å². The van der Waals surface area contributed by atoms with Gasteiger partial charge in [0.25, 0.3) is 11.4 Å². The van der Waals surface area contributed by atoms with Crippen LogP contribution in [0, 0.1) is 20.2 Å². The molecule has 0 aliphatic heterocycles. The third kappa shape index (κ3) is 9.98. The minimum absolute atomic E-state index is 0. The lowest BCUT2D eigenvalue weighted by atomic mass is 10.1. The Bertz CT molecular complexity index is 1060. The largest absolute Gasteiger partial charge is 0.493 e. The summed E-state index contributed by atoms with van der Waals surface area (Å²) in [5, 5.41) is 21.9. The quantitative estimate of drug-likeness (QED) is 0.200. The summed E-state index contributed by atoms with van der Waals surface area (Å²) >= 11 is 0. The van der Waals surface area contributed by atoms with Crippen molar-refractivity contribution in [2.75, 3.05) is 28.4 Å². The van der Waals surface area contributed by atoms with Crippen LogP contribution in [0.2, 0.25) is 0 Å². The Morgan fingerprint density at radius 1 is 0.641 bits per heavy atom. The van der Waals surface area contributed by atoms with E-state index < -0.39 is 21.8 Å². The van der Waals surface area contributed by atoms with Gasteiger partial charge in [-0.2, -0.15) is 0 Å². The van der Waals surface area contributed by atoms with E-state index in [1.165, 1.54) is 52.7 Å². The van der Waals surface area contributed by atoms with E-state index in [4.69, 9.17) is 28.4 Å². The first-order valence-corrected chi connectivity index (χ1v) is 11.2. The maximum absolute atomic E-state index is 11.1. The van der Waals surface area contributed by atoms with Crippen molar-refractivity contribution < 1.29 is 47.9 Å². The molecule has 216 valence electrons. The smallest absolute Gasteiger partial charge is 0.305 e. The second kappa shape index (κ2) is 17.0. The first kappa shape index (κ1) is 34.4. The number of carbonyl (C=O) groups excluding carboxylic acids is 2. The number of nitro benzene ring substituents is 2. The van der Waals surface area contributed by atoms with Gasteiger partial charge in [0.05, 0.1) is 61.5 Å². The number of hydrogen-bond acceptors (Lipinski definition) is 12. The highest BCUT2D eigenvalue weighted by Gasteiger charge is 2.21. The number of carbonyl (C=O) groups is 2. The Morgan fingerprint density at radius 3 is 1.15 bits per heavy atom. The number of hydrogen-bond donors (Lipinski definition) is 0. The van der Waals surface area contributed by atoms with Crippen molar-refractivity contribution in [1.29, 1.82) is 0 Å². The van der Waals surface area contributed by atoms with Crippen molar-refractivity contribution in [3.63, 3.8) is 0 Å². The molecule has 2 aromatic rings. The lowest BCUT2D eigenvalue weighted by Gasteiger charge is -2.10. The highest BCUT2D eigenvalue weighted by Crippen LogP contribution is 2.35. The molecule has 0 atom stereocenters. The minimum atomic E-state index is -0.558.